The van der Waals surface area contributed by atoms with Crippen LogP contribution in [0.2, 0.25) is 5.02 Å². The predicted octanol–water partition coefficient (Wildman–Crippen LogP) is 2.90. The zero-order valence-electron chi connectivity index (χ0n) is 9.49. The Hall–Kier alpha value is -0.570. The van der Waals surface area contributed by atoms with E-state index in [0.29, 0.717) is 0 Å². The summed E-state index contributed by atoms with van der Waals surface area (Å²) < 4.78 is 0. The molecule has 0 heterocycles. The maximum atomic E-state index is 9.76. The number of hydrogen-bond acceptors (Lipinski definition) is 2. The highest BCUT2D eigenvalue weighted by Gasteiger charge is 2.26. The minimum Gasteiger partial charge on any atom is -0.392 e. The van der Waals surface area contributed by atoms with Crippen molar-refractivity contribution in [1.82, 2.24) is 5.32 Å². The zero-order chi connectivity index (χ0) is 11.5. The van der Waals surface area contributed by atoms with Crippen LogP contribution in [0.1, 0.15) is 37.8 Å². The summed E-state index contributed by atoms with van der Waals surface area (Å²) in [5, 5.41) is 14.0. The smallest absolute Gasteiger partial charge is 0.0693 e. The lowest BCUT2D eigenvalue weighted by Gasteiger charge is -2.23. The number of hydrogen-bond donors (Lipinski definition) is 2. The van der Waals surface area contributed by atoms with Gasteiger partial charge in [-0.15, -0.1) is 0 Å². The van der Waals surface area contributed by atoms with Crippen molar-refractivity contribution in [2.45, 2.75) is 44.4 Å². The third-order valence-corrected chi connectivity index (χ3v) is 3.66. The molecule has 16 heavy (non-hydrogen) atoms. The number of rotatable bonds is 3. The second-order valence-corrected chi connectivity index (χ2v) is 4.92. The predicted molar refractivity (Wildman–Crippen MR) is 66.6 cm³/mol. The molecule has 1 aliphatic carbocycles. The Morgan fingerprint density at radius 2 is 2.12 bits per heavy atom. The Labute approximate surface area is 102 Å². The van der Waals surface area contributed by atoms with E-state index < -0.39 is 0 Å². The van der Waals surface area contributed by atoms with E-state index in [1.54, 1.807) is 0 Å². The van der Waals surface area contributed by atoms with E-state index in [1.165, 1.54) is 0 Å². The molecule has 2 N–H and O–H groups in total. The van der Waals surface area contributed by atoms with Gasteiger partial charge >= 0.3 is 0 Å². The molecule has 88 valence electrons. The topological polar surface area (TPSA) is 32.3 Å². The molecule has 2 nitrogen and oxygen atoms in total. The molecule has 0 saturated heterocycles. The summed E-state index contributed by atoms with van der Waals surface area (Å²) >= 11 is 6.14. The molecule has 3 heteroatoms. The SMILES string of the molecule is C[C@H](N[C@H]1CCC[C@@H]1O)c1ccccc1Cl. The van der Waals surface area contributed by atoms with Crippen molar-refractivity contribution in [2.24, 2.45) is 0 Å². The van der Waals surface area contributed by atoms with Gasteiger partial charge in [0.25, 0.3) is 0 Å². The summed E-state index contributed by atoms with van der Waals surface area (Å²) in [6.45, 7) is 2.09. The number of aliphatic hydroxyl groups is 1. The molecule has 0 aliphatic heterocycles. The Balaban J connectivity index is 2.03. The van der Waals surface area contributed by atoms with Gasteiger partial charge < -0.3 is 10.4 Å². The van der Waals surface area contributed by atoms with Crippen molar-refractivity contribution < 1.29 is 5.11 Å². The number of aliphatic hydroxyl groups excluding tert-OH is 1. The van der Waals surface area contributed by atoms with E-state index >= 15 is 0 Å². The molecule has 1 aromatic carbocycles. The first-order chi connectivity index (χ1) is 7.68. The number of benzene rings is 1. The lowest BCUT2D eigenvalue weighted by Crippen LogP contribution is -2.37. The highest BCUT2D eigenvalue weighted by atomic mass is 35.5. The van der Waals surface area contributed by atoms with E-state index in [4.69, 9.17) is 11.6 Å². The first-order valence-electron chi connectivity index (χ1n) is 5.87. The molecule has 0 aromatic heterocycles. The van der Waals surface area contributed by atoms with Crippen molar-refractivity contribution >= 4 is 11.6 Å². The third-order valence-electron chi connectivity index (χ3n) is 3.32. The first-order valence-corrected chi connectivity index (χ1v) is 6.25. The average molecular weight is 240 g/mol. The van der Waals surface area contributed by atoms with Gasteiger partial charge in [0, 0.05) is 17.1 Å². The Bertz CT molecular complexity index is 356. The lowest BCUT2D eigenvalue weighted by molar-refractivity contribution is 0.144. The van der Waals surface area contributed by atoms with E-state index in [1.807, 2.05) is 24.3 Å². The van der Waals surface area contributed by atoms with Gasteiger partial charge in [-0.25, -0.2) is 0 Å². The highest BCUT2D eigenvalue weighted by molar-refractivity contribution is 6.31. The van der Waals surface area contributed by atoms with Gasteiger partial charge in [0.2, 0.25) is 0 Å². The van der Waals surface area contributed by atoms with Crippen molar-refractivity contribution in [3.8, 4) is 0 Å². The second kappa shape index (κ2) is 5.17. The van der Waals surface area contributed by atoms with Crippen LogP contribution >= 0.6 is 11.6 Å². The fourth-order valence-electron chi connectivity index (χ4n) is 2.37. The monoisotopic (exact) mass is 239 g/mol. The minimum absolute atomic E-state index is 0.187. The molecule has 1 saturated carbocycles. The van der Waals surface area contributed by atoms with Crippen LogP contribution in [-0.4, -0.2) is 17.3 Å². The van der Waals surface area contributed by atoms with Crippen molar-refractivity contribution in [2.75, 3.05) is 0 Å². The Morgan fingerprint density at radius 3 is 2.75 bits per heavy atom. The van der Waals surface area contributed by atoms with E-state index in [-0.39, 0.29) is 18.2 Å². The maximum Gasteiger partial charge on any atom is 0.0693 e. The van der Waals surface area contributed by atoms with Crippen LogP contribution in [0, 0.1) is 0 Å². The molecule has 0 bridgehead atoms. The average Bonchev–Trinajstić information content (AvgIpc) is 2.65. The molecule has 3 atom stereocenters. The minimum atomic E-state index is -0.204. The number of nitrogens with one attached hydrogen (secondary N) is 1. The second-order valence-electron chi connectivity index (χ2n) is 4.51. The van der Waals surface area contributed by atoms with E-state index in [9.17, 15) is 5.11 Å². The van der Waals surface area contributed by atoms with Gasteiger partial charge in [0.05, 0.1) is 6.10 Å². The molecule has 0 unspecified atom stereocenters. The molecule has 0 spiro atoms. The molecule has 0 radical (unpaired) electrons. The molecule has 1 aliphatic rings. The molecule has 2 rings (SSSR count). The molecule has 1 aromatic rings. The van der Waals surface area contributed by atoms with Gasteiger partial charge in [-0.3, -0.25) is 0 Å². The summed E-state index contributed by atoms with van der Waals surface area (Å²) in [7, 11) is 0. The first kappa shape index (κ1) is 11.9. The summed E-state index contributed by atoms with van der Waals surface area (Å²) in [5.41, 5.74) is 1.10. The Kier molecular flexibility index (Phi) is 3.85. The molecule has 0 amide bonds. The van der Waals surface area contributed by atoms with Gasteiger partial charge in [-0.2, -0.15) is 0 Å². The summed E-state index contributed by atoms with van der Waals surface area (Å²) in [6.07, 6.45) is 2.86. The van der Waals surface area contributed by atoms with Crippen LogP contribution in [0.5, 0.6) is 0 Å². The lowest BCUT2D eigenvalue weighted by atomic mass is 10.1. The normalized spacial score (nSPS) is 26.9. The molecular formula is C13H18ClNO. The fraction of sp³-hybridized carbons (Fsp3) is 0.538. The fourth-order valence-corrected chi connectivity index (χ4v) is 2.67. The van der Waals surface area contributed by atoms with E-state index in [0.717, 1.165) is 29.8 Å². The van der Waals surface area contributed by atoms with Crippen LogP contribution in [0.3, 0.4) is 0 Å². The van der Waals surface area contributed by atoms with Gasteiger partial charge in [0.15, 0.2) is 0 Å². The van der Waals surface area contributed by atoms with E-state index in [2.05, 4.69) is 12.2 Å². The Morgan fingerprint density at radius 1 is 1.38 bits per heavy atom. The summed E-state index contributed by atoms with van der Waals surface area (Å²) in [5.74, 6) is 0. The van der Waals surface area contributed by atoms with Crippen LogP contribution < -0.4 is 5.32 Å². The summed E-state index contributed by atoms with van der Waals surface area (Å²) in [6, 6.07) is 8.26. The van der Waals surface area contributed by atoms with Crippen molar-refractivity contribution in [3.63, 3.8) is 0 Å². The maximum absolute atomic E-state index is 9.76. The zero-order valence-corrected chi connectivity index (χ0v) is 10.2. The summed E-state index contributed by atoms with van der Waals surface area (Å²) in [4.78, 5) is 0. The quantitative estimate of drug-likeness (QED) is 0.850. The standard InChI is InChI=1S/C13H18ClNO/c1-9(10-5-2-3-6-11(10)14)15-12-7-4-8-13(12)16/h2-3,5-6,9,12-13,15-16H,4,7-8H2,1H3/t9-,12-,13-/m0/s1. The highest BCUT2D eigenvalue weighted by Crippen LogP contribution is 2.26. The van der Waals surface area contributed by atoms with Crippen molar-refractivity contribution in [1.29, 1.82) is 0 Å². The van der Waals surface area contributed by atoms with Gasteiger partial charge in [0.1, 0.15) is 0 Å². The van der Waals surface area contributed by atoms with Crippen LogP contribution in [0.15, 0.2) is 24.3 Å². The molecular weight excluding hydrogens is 222 g/mol. The van der Waals surface area contributed by atoms with Crippen molar-refractivity contribution in [3.05, 3.63) is 34.9 Å². The molecule has 1 fully saturated rings. The van der Waals surface area contributed by atoms with Gasteiger partial charge in [-0.05, 0) is 37.8 Å². The third kappa shape index (κ3) is 2.57. The largest absolute Gasteiger partial charge is 0.392 e. The number of halogens is 1. The van der Waals surface area contributed by atoms with Crippen LogP contribution in [-0.2, 0) is 0 Å². The van der Waals surface area contributed by atoms with Crippen LogP contribution in [0.25, 0.3) is 0 Å². The van der Waals surface area contributed by atoms with Crippen LogP contribution in [0.4, 0.5) is 0 Å². The van der Waals surface area contributed by atoms with Gasteiger partial charge in [-0.1, -0.05) is 29.8 Å².